The van der Waals surface area contributed by atoms with Gasteiger partial charge >= 0.3 is 18.2 Å². The van der Waals surface area contributed by atoms with Gasteiger partial charge in [-0.2, -0.15) is 13.2 Å². The summed E-state index contributed by atoms with van der Waals surface area (Å²) in [6.07, 6.45) is -4.11. The Balaban J connectivity index is 1.99. The summed E-state index contributed by atoms with van der Waals surface area (Å²) in [5, 5.41) is 11.7. The molecular formula is C18H23F3N2O3. The third-order valence-electron chi connectivity index (χ3n) is 4.74. The third-order valence-corrected chi connectivity index (χ3v) is 4.74. The number of likely N-dealkylation sites (tertiary alicyclic amines) is 1. The number of hydrogen-bond acceptors (Lipinski definition) is 2. The lowest BCUT2D eigenvalue weighted by atomic mass is 9.96. The summed E-state index contributed by atoms with van der Waals surface area (Å²) >= 11 is 0. The number of aliphatic carboxylic acids is 1. The second kappa shape index (κ2) is 7.55. The van der Waals surface area contributed by atoms with Gasteiger partial charge in [-0.3, -0.25) is 4.79 Å². The lowest BCUT2D eigenvalue weighted by molar-refractivity contribution is -0.187. The highest BCUT2D eigenvalue weighted by Crippen LogP contribution is 2.37. The van der Waals surface area contributed by atoms with Crippen LogP contribution in [0.4, 0.5) is 18.0 Å². The predicted octanol–water partition coefficient (Wildman–Crippen LogP) is 3.14. The normalized spacial score (nSPS) is 21.5. The van der Waals surface area contributed by atoms with Gasteiger partial charge in [0.25, 0.3) is 0 Å². The number of nitrogens with one attached hydrogen (secondary N) is 1. The van der Waals surface area contributed by atoms with Crippen molar-refractivity contribution in [2.75, 3.05) is 13.1 Å². The van der Waals surface area contributed by atoms with Crippen molar-refractivity contribution < 1.29 is 27.9 Å². The molecule has 1 aliphatic heterocycles. The Morgan fingerprint density at radius 2 is 1.96 bits per heavy atom. The molecule has 2 rings (SSSR count). The Bertz CT molecular complexity index is 691. The van der Waals surface area contributed by atoms with Crippen molar-refractivity contribution in [1.82, 2.24) is 10.2 Å². The van der Waals surface area contributed by atoms with E-state index in [0.717, 1.165) is 21.6 Å². The van der Waals surface area contributed by atoms with E-state index in [2.05, 4.69) is 5.32 Å². The first-order valence-corrected chi connectivity index (χ1v) is 8.40. The maximum Gasteiger partial charge on any atom is 0.394 e. The molecule has 5 nitrogen and oxygen atoms in total. The van der Waals surface area contributed by atoms with Gasteiger partial charge in [0.2, 0.25) is 0 Å². The molecule has 1 heterocycles. The van der Waals surface area contributed by atoms with Crippen LogP contribution >= 0.6 is 0 Å². The summed E-state index contributed by atoms with van der Waals surface area (Å²) in [7, 11) is 0. The molecule has 0 aliphatic carbocycles. The van der Waals surface area contributed by atoms with Crippen molar-refractivity contribution in [2.24, 2.45) is 11.8 Å². The number of hydrogen-bond donors (Lipinski definition) is 2. The van der Waals surface area contributed by atoms with Gasteiger partial charge < -0.3 is 15.3 Å². The Kier molecular flexibility index (Phi) is 5.83. The Labute approximate surface area is 150 Å². The zero-order valence-electron chi connectivity index (χ0n) is 14.9. The van der Waals surface area contributed by atoms with E-state index in [1.165, 1.54) is 0 Å². The molecule has 1 aromatic carbocycles. The summed E-state index contributed by atoms with van der Waals surface area (Å²) in [6.45, 7) is 4.63. The van der Waals surface area contributed by atoms with Crippen LogP contribution in [-0.4, -0.2) is 47.3 Å². The number of carboxylic acid groups (broad SMARTS) is 1. The van der Waals surface area contributed by atoms with E-state index in [9.17, 15) is 22.8 Å². The van der Waals surface area contributed by atoms with E-state index >= 15 is 0 Å². The Morgan fingerprint density at radius 1 is 1.31 bits per heavy atom. The summed E-state index contributed by atoms with van der Waals surface area (Å²) in [4.78, 5) is 24.3. The molecule has 0 aromatic heterocycles. The van der Waals surface area contributed by atoms with Gasteiger partial charge in [-0.15, -0.1) is 0 Å². The van der Waals surface area contributed by atoms with E-state index in [-0.39, 0.29) is 6.04 Å². The van der Waals surface area contributed by atoms with E-state index in [1.54, 1.807) is 6.92 Å². The monoisotopic (exact) mass is 372 g/mol. The molecule has 1 fully saturated rings. The molecule has 0 spiro atoms. The summed E-state index contributed by atoms with van der Waals surface area (Å²) in [5.41, 5.74) is 3.25. The van der Waals surface area contributed by atoms with Crippen molar-refractivity contribution in [1.29, 1.82) is 0 Å². The predicted molar refractivity (Wildman–Crippen MR) is 89.9 cm³/mol. The number of urea groups is 1. The van der Waals surface area contributed by atoms with Gasteiger partial charge in [-0.05, 0) is 38.3 Å². The molecule has 26 heavy (non-hydrogen) atoms. The van der Waals surface area contributed by atoms with Gasteiger partial charge in [0.1, 0.15) is 0 Å². The van der Waals surface area contributed by atoms with Gasteiger partial charge in [-0.1, -0.05) is 23.8 Å². The van der Waals surface area contributed by atoms with Crippen LogP contribution in [-0.2, 0) is 11.2 Å². The maximum absolute atomic E-state index is 13.0. The lowest BCUT2D eigenvalue weighted by Gasteiger charge is -2.22. The van der Waals surface area contributed by atoms with E-state index in [1.807, 2.05) is 32.0 Å². The number of carboxylic acids is 1. The molecule has 1 aliphatic rings. The maximum atomic E-state index is 13.0. The van der Waals surface area contributed by atoms with Gasteiger partial charge in [0.05, 0.1) is 11.8 Å². The second-order valence-electron chi connectivity index (χ2n) is 6.98. The second-order valence-corrected chi connectivity index (χ2v) is 6.98. The van der Waals surface area contributed by atoms with Crippen molar-refractivity contribution in [2.45, 2.75) is 39.4 Å². The number of carbonyl (C=O) groups is 2. The standard InChI is InChI=1S/C18H23F3N2O3/c1-10-4-5-13(11(2)6-10)7-12(3)22-17(26)23-8-14(16(24)25)15(9-23)18(19,20)21/h4-6,12,14-15H,7-9H2,1-3H3,(H,22,26)(H,24,25)/t12?,14-,15-/m1/s1. The Hall–Kier alpha value is -2.25. The average Bonchev–Trinajstić information content (AvgIpc) is 2.96. The largest absolute Gasteiger partial charge is 0.481 e. The number of nitrogens with zero attached hydrogens (tertiary/aromatic N) is 1. The highest BCUT2D eigenvalue weighted by molar-refractivity contribution is 5.78. The zero-order valence-corrected chi connectivity index (χ0v) is 14.9. The van der Waals surface area contributed by atoms with Crippen LogP contribution in [0.2, 0.25) is 0 Å². The summed E-state index contributed by atoms with van der Waals surface area (Å²) in [5.74, 6) is -5.21. The SMILES string of the molecule is Cc1ccc(CC(C)NC(=O)N2C[C@@H](C(F)(F)F)[C@H](C(=O)O)C2)c(C)c1. The van der Waals surface area contributed by atoms with Crippen LogP contribution < -0.4 is 5.32 Å². The summed E-state index contributed by atoms with van der Waals surface area (Å²) in [6, 6.07) is 4.99. The number of benzene rings is 1. The van der Waals surface area contributed by atoms with Crippen molar-refractivity contribution in [3.05, 3.63) is 34.9 Å². The minimum Gasteiger partial charge on any atom is -0.481 e. The molecular weight excluding hydrogens is 349 g/mol. The molecule has 0 radical (unpaired) electrons. The average molecular weight is 372 g/mol. The number of carbonyl (C=O) groups excluding carboxylic acids is 1. The first-order chi connectivity index (χ1) is 12.0. The number of amides is 2. The van der Waals surface area contributed by atoms with Crippen LogP contribution in [0.3, 0.4) is 0 Å². The Morgan fingerprint density at radius 3 is 2.46 bits per heavy atom. The van der Waals surface area contributed by atoms with Gasteiger partial charge in [0, 0.05) is 19.1 Å². The number of alkyl halides is 3. The van der Waals surface area contributed by atoms with Gasteiger partial charge in [-0.25, -0.2) is 4.79 Å². The third kappa shape index (κ3) is 4.68. The topological polar surface area (TPSA) is 69.6 Å². The minimum atomic E-state index is -4.65. The molecule has 3 atom stereocenters. The molecule has 1 unspecified atom stereocenters. The molecule has 1 aromatic rings. The molecule has 0 bridgehead atoms. The van der Waals surface area contributed by atoms with Crippen LogP contribution in [0, 0.1) is 25.7 Å². The highest BCUT2D eigenvalue weighted by Gasteiger charge is 2.53. The number of rotatable bonds is 4. The van der Waals surface area contributed by atoms with Crippen molar-refractivity contribution >= 4 is 12.0 Å². The van der Waals surface area contributed by atoms with Gasteiger partial charge in [0.15, 0.2) is 0 Å². The van der Waals surface area contributed by atoms with Crippen molar-refractivity contribution in [3.8, 4) is 0 Å². The van der Waals surface area contributed by atoms with Crippen LogP contribution in [0.5, 0.6) is 0 Å². The molecule has 0 saturated carbocycles. The van der Waals surface area contributed by atoms with Crippen LogP contribution in [0.25, 0.3) is 0 Å². The van der Waals surface area contributed by atoms with E-state index in [0.29, 0.717) is 6.42 Å². The first kappa shape index (κ1) is 20.1. The lowest BCUT2D eigenvalue weighted by Crippen LogP contribution is -2.44. The fourth-order valence-corrected chi connectivity index (χ4v) is 3.31. The summed E-state index contributed by atoms with van der Waals surface area (Å²) < 4.78 is 39.0. The quantitative estimate of drug-likeness (QED) is 0.853. The first-order valence-electron chi connectivity index (χ1n) is 8.40. The molecule has 144 valence electrons. The minimum absolute atomic E-state index is 0.294. The molecule has 2 amide bonds. The van der Waals surface area contributed by atoms with Crippen molar-refractivity contribution in [3.63, 3.8) is 0 Å². The molecule has 8 heteroatoms. The van der Waals surface area contributed by atoms with E-state index in [4.69, 9.17) is 5.11 Å². The fraction of sp³-hybridized carbons (Fsp3) is 0.556. The van der Waals surface area contributed by atoms with Crippen LogP contribution in [0.1, 0.15) is 23.6 Å². The van der Waals surface area contributed by atoms with Crippen LogP contribution in [0.15, 0.2) is 18.2 Å². The zero-order chi connectivity index (χ0) is 19.6. The number of aryl methyl sites for hydroxylation is 2. The molecule has 2 N–H and O–H groups in total. The van der Waals surface area contributed by atoms with E-state index < -0.39 is 43.1 Å². The fourth-order valence-electron chi connectivity index (χ4n) is 3.31. The highest BCUT2D eigenvalue weighted by atomic mass is 19.4. The molecule has 1 saturated heterocycles. The smallest absolute Gasteiger partial charge is 0.394 e. The number of halogens is 3.